The second-order valence-electron chi connectivity index (χ2n) is 0. The van der Waals surface area contributed by atoms with E-state index < -0.39 is 0 Å². The number of hydrogen-bond acceptors (Lipinski definition) is 0. The molecule has 0 aliphatic heterocycles. The maximum Gasteiger partial charge on any atom is 3.00 e. The Labute approximate surface area is 55.6 Å². The molecule has 0 amide bonds. The van der Waals surface area contributed by atoms with Gasteiger partial charge in [0.1, 0.15) is 0 Å². The minimum Gasteiger partial charge on any atom is -2.00 e. The van der Waals surface area contributed by atoms with E-state index in [-0.39, 0.29) is 55.7 Å². The third-order valence-electron chi connectivity index (χ3n) is 0. The van der Waals surface area contributed by atoms with E-state index in [1.807, 2.05) is 0 Å². The first kappa shape index (κ1) is 53.3. The fraction of sp³-hybridized carbons (Fsp3) is 0. The topological polar surface area (TPSA) is 57.0 Å². The van der Waals surface area contributed by atoms with Gasteiger partial charge in [-0.15, -0.1) is 0 Å². The third kappa shape index (κ3) is 9.99. The maximum absolute atomic E-state index is 0. The van der Waals surface area contributed by atoms with Gasteiger partial charge in [0, 0.05) is 0 Å². The van der Waals surface area contributed by atoms with Crippen molar-refractivity contribution in [3.63, 3.8) is 0 Å². The molecule has 0 aliphatic carbocycles. The van der Waals surface area contributed by atoms with Crippen LogP contribution in [-0.4, -0.2) is 0 Å². The van der Waals surface area contributed by atoms with Crippen LogP contribution in [0.2, 0.25) is 0 Å². The Kier molecular flexibility index (Phi) is 346. The zero-order chi connectivity index (χ0) is 0. The molecule has 0 spiro atoms. The molecule has 0 rings (SSSR count). The predicted molar refractivity (Wildman–Crippen MR) is 1.37 cm³/mol. The van der Waals surface area contributed by atoms with Crippen LogP contribution in [0.25, 0.3) is 0 Å². The smallest absolute Gasteiger partial charge is 2.00 e. The molecule has 4 heavy (non-hydrogen) atoms. The van der Waals surface area contributed by atoms with Crippen molar-refractivity contribution in [2.45, 2.75) is 0 Å². The van der Waals surface area contributed by atoms with Gasteiger partial charge >= 0.3 is 44.8 Å². The molecule has 0 atom stereocenters. The van der Waals surface area contributed by atoms with Crippen LogP contribution in [0, 0.1) is 0 Å². The van der Waals surface area contributed by atoms with Crippen molar-refractivity contribution < 1.29 is 55.7 Å². The first-order valence-electron chi connectivity index (χ1n) is 0. The molecular weight excluding hydrogens is 248 g/mol. The molecule has 0 heterocycles. The van der Waals surface area contributed by atoms with Gasteiger partial charge in [-0.05, 0) is 0 Å². The van der Waals surface area contributed by atoms with Gasteiger partial charge in [0.2, 0.25) is 0 Å². The van der Waals surface area contributed by atoms with E-state index in [1.54, 1.807) is 0 Å². The molecule has 0 unspecified atom stereocenters. The molecule has 0 saturated heterocycles. The standard InChI is InChI=1S/2Ag.2O/q+1;+3;2*-2. The van der Waals surface area contributed by atoms with Gasteiger partial charge in [-0.25, -0.2) is 0 Å². The first-order chi connectivity index (χ1) is 0. The molecule has 0 saturated carbocycles. The molecule has 0 bridgehead atoms. The summed E-state index contributed by atoms with van der Waals surface area (Å²) >= 11 is 0. The van der Waals surface area contributed by atoms with E-state index in [2.05, 4.69) is 0 Å². The maximum atomic E-state index is 0. The van der Waals surface area contributed by atoms with Crippen LogP contribution in [-0.2, 0) is 55.7 Å². The quantitative estimate of drug-likeness (QED) is 0.531. The van der Waals surface area contributed by atoms with Crippen LogP contribution in [0.1, 0.15) is 0 Å². The van der Waals surface area contributed by atoms with Crippen LogP contribution in [0.4, 0.5) is 0 Å². The minimum absolute atomic E-state index is 0. The Hall–Kier alpha value is 1.40. The summed E-state index contributed by atoms with van der Waals surface area (Å²) in [5.74, 6) is 0. The second-order valence-corrected chi connectivity index (χ2v) is 0. The predicted octanol–water partition coefficient (Wildman–Crippen LogP) is -0.243. The summed E-state index contributed by atoms with van der Waals surface area (Å²) in [6.07, 6.45) is 0. The van der Waals surface area contributed by atoms with Crippen molar-refractivity contribution in [2.24, 2.45) is 0 Å². The largest absolute Gasteiger partial charge is 3.00 e. The van der Waals surface area contributed by atoms with Crippen LogP contribution in [0.3, 0.4) is 0 Å². The summed E-state index contributed by atoms with van der Waals surface area (Å²) in [6.45, 7) is 0. The monoisotopic (exact) mass is 246 g/mol. The van der Waals surface area contributed by atoms with Crippen molar-refractivity contribution in [1.82, 2.24) is 0 Å². The molecule has 0 radical (unpaired) electrons. The van der Waals surface area contributed by atoms with Gasteiger partial charge < -0.3 is 11.0 Å². The molecule has 0 N–H and O–H groups in total. The molecule has 34 valence electrons. The summed E-state index contributed by atoms with van der Waals surface area (Å²) in [5, 5.41) is 0. The van der Waals surface area contributed by atoms with E-state index in [9.17, 15) is 0 Å². The van der Waals surface area contributed by atoms with Gasteiger partial charge in [0.05, 0.1) is 0 Å². The first-order valence-corrected chi connectivity index (χ1v) is 0. The summed E-state index contributed by atoms with van der Waals surface area (Å²) in [5.41, 5.74) is 0. The molecule has 0 aromatic carbocycles. The molecule has 2 nitrogen and oxygen atoms in total. The second kappa shape index (κ2) is 25.9. The van der Waals surface area contributed by atoms with Crippen molar-refractivity contribution in [1.29, 1.82) is 0 Å². The molecule has 0 aromatic heterocycles. The Morgan fingerprint density at radius 1 is 0.750 bits per heavy atom. The molecule has 4 heteroatoms. The summed E-state index contributed by atoms with van der Waals surface area (Å²) in [4.78, 5) is 0. The Balaban J connectivity index is 0. The van der Waals surface area contributed by atoms with E-state index in [0.29, 0.717) is 0 Å². The van der Waals surface area contributed by atoms with Crippen LogP contribution < -0.4 is 0 Å². The Morgan fingerprint density at radius 3 is 0.750 bits per heavy atom. The van der Waals surface area contributed by atoms with Gasteiger partial charge in [-0.2, -0.15) is 0 Å². The average Bonchev–Trinajstić information content (AvgIpc) is 0. The van der Waals surface area contributed by atoms with E-state index >= 15 is 0 Å². The fourth-order valence-electron chi connectivity index (χ4n) is 0. The fourth-order valence-corrected chi connectivity index (χ4v) is 0. The summed E-state index contributed by atoms with van der Waals surface area (Å²) in [6, 6.07) is 0. The van der Waals surface area contributed by atoms with E-state index in [0.717, 1.165) is 0 Å². The van der Waals surface area contributed by atoms with E-state index in [4.69, 9.17) is 0 Å². The molecule has 0 aliphatic rings. The normalized spacial score (nSPS) is 0. The SMILES string of the molecule is [Ag+3].[Ag+].[O-2].[O-2]. The number of hydrogen-bond donors (Lipinski definition) is 0. The molecule has 0 fully saturated rings. The van der Waals surface area contributed by atoms with E-state index in [1.165, 1.54) is 0 Å². The van der Waals surface area contributed by atoms with Gasteiger partial charge in [0.25, 0.3) is 0 Å². The molecular formula is Ag2O2. The van der Waals surface area contributed by atoms with Gasteiger partial charge in [-0.1, -0.05) is 0 Å². The summed E-state index contributed by atoms with van der Waals surface area (Å²) in [7, 11) is 0. The minimum atomic E-state index is 0. The van der Waals surface area contributed by atoms with Gasteiger partial charge in [0.15, 0.2) is 0 Å². The third-order valence-corrected chi connectivity index (χ3v) is 0. The zero-order valence-electron chi connectivity index (χ0n) is 1.42. The van der Waals surface area contributed by atoms with Crippen LogP contribution >= 0.6 is 0 Å². The van der Waals surface area contributed by atoms with Crippen molar-refractivity contribution >= 4 is 0 Å². The van der Waals surface area contributed by atoms with Crippen LogP contribution in [0.5, 0.6) is 0 Å². The van der Waals surface area contributed by atoms with Gasteiger partial charge in [-0.3, -0.25) is 0 Å². The molecule has 0 aromatic rings. The number of rotatable bonds is 0. The van der Waals surface area contributed by atoms with Crippen LogP contribution in [0.15, 0.2) is 0 Å². The van der Waals surface area contributed by atoms with Crippen molar-refractivity contribution in [2.75, 3.05) is 0 Å². The van der Waals surface area contributed by atoms with Crippen molar-refractivity contribution in [3.05, 3.63) is 0 Å². The average molecular weight is 248 g/mol. The Bertz CT molecular complexity index is 4.00. The Morgan fingerprint density at radius 2 is 0.750 bits per heavy atom. The zero-order valence-corrected chi connectivity index (χ0v) is 4.38. The van der Waals surface area contributed by atoms with Crippen molar-refractivity contribution in [3.8, 4) is 0 Å². The summed E-state index contributed by atoms with van der Waals surface area (Å²) < 4.78 is 0.